The Hall–Kier alpha value is -1.69. The van der Waals surface area contributed by atoms with Crippen LogP contribution < -0.4 is 10.6 Å². The number of hydrogen-bond donors (Lipinski definition) is 1. The van der Waals surface area contributed by atoms with Gasteiger partial charge in [-0.15, -0.1) is 0 Å². The monoisotopic (exact) mass is 292 g/mol. The van der Waals surface area contributed by atoms with Crippen molar-refractivity contribution >= 4 is 11.9 Å². The third-order valence-corrected chi connectivity index (χ3v) is 4.03. The van der Waals surface area contributed by atoms with E-state index in [9.17, 15) is 4.79 Å². The van der Waals surface area contributed by atoms with E-state index in [-0.39, 0.29) is 5.97 Å². The number of nitrogens with two attached hydrogens (primary N) is 1. The van der Waals surface area contributed by atoms with Crippen molar-refractivity contribution in [2.75, 3.05) is 24.6 Å². The maximum Gasteiger partial charge on any atom is 0.341 e. The average molecular weight is 292 g/mol. The van der Waals surface area contributed by atoms with Gasteiger partial charge in [-0.25, -0.2) is 14.8 Å². The Labute approximate surface area is 125 Å². The van der Waals surface area contributed by atoms with E-state index in [1.807, 2.05) is 6.92 Å². The number of carbonyl (C=O) groups is 1. The van der Waals surface area contributed by atoms with E-state index in [1.54, 1.807) is 13.1 Å². The highest BCUT2D eigenvalue weighted by Crippen LogP contribution is 2.25. The van der Waals surface area contributed by atoms with Gasteiger partial charge in [0.15, 0.2) is 0 Å². The molecule has 0 bridgehead atoms. The van der Waals surface area contributed by atoms with Gasteiger partial charge < -0.3 is 15.4 Å². The Morgan fingerprint density at radius 2 is 2.29 bits per heavy atom. The second-order valence-electron chi connectivity index (χ2n) is 5.57. The number of anilines is 1. The summed E-state index contributed by atoms with van der Waals surface area (Å²) in [6.45, 7) is 7.67. The topological polar surface area (TPSA) is 81.3 Å². The molecule has 2 rings (SSSR count). The number of ether oxygens (including phenoxy) is 1. The summed E-state index contributed by atoms with van der Waals surface area (Å²) in [6, 6.07) is 0.389. The average Bonchev–Trinajstić information content (AvgIpc) is 2.47. The van der Waals surface area contributed by atoms with E-state index in [1.165, 1.54) is 0 Å². The third kappa shape index (κ3) is 3.50. The van der Waals surface area contributed by atoms with Crippen LogP contribution in [0.15, 0.2) is 6.20 Å². The van der Waals surface area contributed by atoms with E-state index >= 15 is 0 Å². The van der Waals surface area contributed by atoms with Crippen LogP contribution in [0.5, 0.6) is 0 Å². The normalized spacial score (nSPS) is 22.2. The number of hydrogen-bond acceptors (Lipinski definition) is 6. The van der Waals surface area contributed by atoms with Crippen LogP contribution in [0.1, 0.15) is 42.7 Å². The summed E-state index contributed by atoms with van der Waals surface area (Å²) < 4.78 is 5.00. The predicted molar refractivity (Wildman–Crippen MR) is 81.3 cm³/mol. The molecule has 2 unspecified atom stereocenters. The molecule has 6 nitrogen and oxygen atoms in total. The van der Waals surface area contributed by atoms with Crippen molar-refractivity contribution in [3.8, 4) is 0 Å². The summed E-state index contributed by atoms with van der Waals surface area (Å²) in [5.74, 6) is 0.786. The minimum Gasteiger partial charge on any atom is -0.462 e. The van der Waals surface area contributed by atoms with Crippen molar-refractivity contribution in [1.29, 1.82) is 0 Å². The highest BCUT2D eigenvalue weighted by molar-refractivity contribution is 5.90. The summed E-state index contributed by atoms with van der Waals surface area (Å²) in [5.41, 5.74) is 6.87. The quantitative estimate of drug-likeness (QED) is 0.847. The second-order valence-corrected chi connectivity index (χ2v) is 5.57. The molecule has 1 aromatic rings. The van der Waals surface area contributed by atoms with Crippen LogP contribution in [-0.2, 0) is 4.74 Å². The van der Waals surface area contributed by atoms with Crippen LogP contribution in [-0.4, -0.2) is 41.7 Å². The van der Waals surface area contributed by atoms with Gasteiger partial charge in [0, 0.05) is 18.8 Å². The van der Waals surface area contributed by atoms with E-state index < -0.39 is 0 Å². The standard InChI is InChI=1S/C15H24N4O2/c1-4-21-14(20)13-8-17-15(18-11(13)3)19-9-12(7-16)6-5-10(19)2/h8,10,12H,4-7,9,16H2,1-3H3. The van der Waals surface area contributed by atoms with Gasteiger partial charge in [0.25, 0.3) is 0 Å². The zero-order valence-electron chi connectivity index (χ0n) is 13.0. The molecule has 0 aromatic carbocycles. The second kappa shape index (κ2) is 6.85. The molecule has 1 aliphatic heterocycles. The SMILES string of the molecule is CCOC(=O)c1cnc(N2CC(CN)CCC2C)nc1C. The molecule has 2 atom stereocenters. The number of piperidine rings is 1. The molecule has 2 N–H and O–H groups in total. The maximum atomic E-state index is 11.8. The molecule has 1 saturated heterocycles. The van der Waals surface area contributed by atoms with E-state index in [0.717, 1.165) is 19.4 Å². The molecule has 1 aromatic heterocycles. The van der Waals surface area contributed by atoms with Gasteiger partial charge in [0.2, 0.25) is 5.95 Å². The Balaban J connectivity index is 2.20. The molecule has 116 valence electrons. The Morgan fingerprint density at radius 1 is 1.52 bits per heavy atom. The van der Waals surface area contributed by atoms with E-state index in [0.29, 0.717) is 42.3 Å². The molecular weight excluding hydrogens is 268 g/mol. The summed E-state index contributed by atoms with van der Waals surface area (Å²) in [6.07, 6.45) is 3.80. The molecule has 0 radical (unpaired) electrons. The van der Waals surface area contributed by atoms with Gasteiger partial charge in [-0.2, -0.15) is 0 Å². The van der Waals surface area contributed by atoms with E-state index in [2.05, 4.69) is 21.8 Å². The highest BCUT2D eigenvalue weighted by Gasteiger charge is 2.27. The van der Waals surface area contributed by atoms with Crippen molar-refractivity contribution in [3.63, 3.8) is 0 Å². The number of rotatable bonds is 4. The van der Waals surface area contributed by atoms with Gasteiger partial charge >= 0.3 is 5.97 Å². The van der Waals surface area contributed by atoms with Crippen molar-refractivity contribution in [3.05, 3.63) is 17.5 Å². The van der Waals surface area contributed by atoms with Crippen LogP contribution in [0.25, 0.3) is 0 Å². The molecule has 0 amide bonds. The third-order valence-electron chi connectivity index (χ3n) is 4.03. The molecule has 1 fully saturated rings. The van der Waals surface area contributed by atoms with Crippen LogP contribution >= 0.6 is 0 Å². The van der Waals surface area contributed by atoms with Crippen molar-refractivity contribution < 1.29 is 9.53 Å². The summed E-state index contributed by atoms with van der Waals surface area (Å²) >= 11 is 0. The first-order valence-corrected chi connectivity index (χ1v) is 7.54. The fourth-order valence-corrected chi connectivity index (χ4v) is 2.66. The Kier molecular flexibility index (Phi) is 5.12. The summed E-state index contributed by atoms with van der Waals surface area (Å²) in [4.78, 5) is 22.8. The molecule has 6 heteroatoms. The van der Waals surface area contributed by atoms with Gasteiger partial charge in [-0.1, -0.05) is 0 Å². The zero-order chi connectivity index (χ0) is 15.4. The van der Waals surface area contributed by atoms with Crippen LogP contribution in [0.2, 0.25) is 0 Å². The lowest BCUT2D eigenvalue weighted by atomic mass is 9.94. The van der Waals surface area contributed by atoms with Crippen LogP contribution in [0.3, 0.4) is 0 Å². The van der Waals surface area contributed by atoms with Crippen LogP contribution in [0.4, 0.5) is 5.95 Å². The lowest BCUT2D eigenvalue weighted by Crippen LogP contribution is -2.44. The Morgan fingerprint density at radius 3 is 2.90 bits per heavy atom. The predicted octanol–water partition coefficient (Wildman–Crippen LogP) is 1.53. The number of carbonyl (C=O) groups excluding carboxylic acids is 1. The number of aromatic nitrogens is 2. The Bertz CT molecular complexity index is 506. The fraction of sp³-hybridized carbons (Fsp3) is 0.667. The molecule has 0 aliphatic carbocycles. The molecular formula is C15H24N4O2. The molecule has 0 spiro atoms. The van der Waals surface area contributed by atoms with Crippen molar-refractivity contribution in [1.82, 2.24) is 9.97 Å². The summed E-state index contributed by atoms with van der Waals surface area (Å²) in [7, 11) is 0. The van der Waals surface area contributed by atoms with Crippen LogP contribution in [0, 0.1) is 12.8 Å². The van der Waals surface area contributed by atoms with Crippen molar-refractivity contribution in [2.45, 2.75) is 39.7 Å². The highest BCUT2D eigenvalue weighted by atomic mass is 16.5. The molecule has 21 heavy (non-hydrogen) atoms. The lowest BCUT2D eigenvalue weighted by Gasteiger charge is -2.37. The van der Waals surface area contributed by atoms with Crippen molar-refractivity contribution in [2.24, 2.45) is 11.7 Å². The molecule has 0 saturated carbocycles. The van der Waals surface area contributed by atoms with Gasteiger partial charge in [-0.3, -0.25) is 0 Å². The van der Waals surface area contributed by atoms with Gasteiger partial charge in [-0.05, 0) is 46.1 Å². The number of esters is 1. The van der Waals surface area contributed by atoms with Gasteiger partial charge in [0.05, 0.1) is 17.9 Å². The minimum absolute atomic E-state index is 0.349. The zero-order valence-corrected chi connectivity index (χ0v) is 13.0. The number of aryl methyl sites for hydroxylation is 1. The first-order chi connectivity index (χ1) is 10.1. The number of nitrogens with zero attached hydrogens (tertiary/aromatic N) is 3. The fourth-order valence-electron chi connectivity index (χ4n) is 2.66. The maximum absolute atomic E-state index is 11.8. The first kappa shape index (κ1) is 15.7. The largest absolute Gasteiger partial charge is 0.462 e. The summed E-state index contributed by atoms with van der Waals surface area (Å²) in [5, 5.41) is 0. The minimum atomic E-state index is -0.368. The molecule has 2 heterocycles. The van der Waals surface area contributed by atoms with E-state index in [4.69, 9.17) is 10.5 Å². The lowest BCUT2D eigenvalue weighted by molar-refractivity contribution is 0.0524. The van der Waals surface area contributed by atoms with Gasteiger partial charge in [0.1, 0.15) is 0 Å². The molecule has 1 aliphatic rings. The first-order valence-electron chi connectivity index (χ1n) is 7.54. The smallest absolute Gasteiger partial charge is 0.341 e.